The van der Waals surface area contributed by atoms with Crippen molar-refractivity contribution in [1.82, 2.24) is 15.5 Å². The number of halogens is 5. The Balaban J connectivity index is 0.000000270. The Morgan fingerprint density at radius 2 is 1.00 bits per heavy atom. The SMILES string of the molecule is CCOC(=O)c1cc(-c2ccc(F)cc2)on1.CCOC(=O)c1noc(-c2ccc(F)cc2)c1F.O=C(O)c1noc(-c2ccc(F)cc2)c1F.[Li+].[OH-]. The van der Waals surface area contributed by atoms with Gasteiger partial charge in [-0.1, -0.05) is 15.5 Å². The van der Waals surface area contributed by atoms with E-state index >= 15 is 0 Å². The second-order valence-electron chi connectivity index (χ2n) is 9.69. The smallest absolute Gasteiger partial charge is 0.870 e. The Labute approximate surface area is 307 Å². The van der Waals surface area contributed by atoms with Crippen molar-refractivity contribution in [2.45, 2.75) is 13.8 Å². The van der Waals surface area contributed by atoms with Gasteiger partial charge in [0.05, 0.1) is 13.2 Å². The first-order valence-corrected chi connectivity index (χ1v) is 14.6. The molecule has 0 saturated carbocycles. The molecule has 0 aliphatic rings. The van der Waals surface area contributed by atoms with Crippen molar-refractivity contribution >= 4 is 17.9 Å². The zero-order chi connectivity index (χ0) is 37.1. The van der Waals surface area contributed by atoms with E-state index in [1.165, 1.54) is 42.5 Å². The number of nitrogens with zero attached hydrogens (tertiary/aromatic N) is 3. The van der Waals surface area contributed by atoms with E-state index in [1.54, 1.807) is 26.0 Å². The summed E-state index contributed by atoms with van der Waals surface area (Å²) in [5.41, 5.74) is -0.0491. The van der Waals surface area contributed by atoms with Gasteiger partial charge in [0, 0.05) is 22.8 Å². The topological polar surface area (TPSA) is 198 Å². The van der Waals surface area contributed by atoms with Crippen LogP contribution in [0.1, 0.15) is 45.3 Å². The first-order chi connectivity index (χ1) is 24.4. The maximum Gasteiger partial charge on any atom is 1.00 e. The van der Waals surface area contributed by atoms with E-state index in [4.69, 9.17) is 18.9 Å². The summed E-state index contributed by atoms with van der Waals surface area (Å²) in [5.74, 6) is -6.36. The Bertz CT molecular complexity index is 2100. The van der Waals surface area contributed by atoms with Crippen molar-refractivity contribution in [3.63, 3.8) is 0 Å². The maximum atomic E-state index is 13.8. The third kappa shape index (κ3) is 11.2. The molecule has 0 bridgehead atoms. The van der Waals surface area contributed by atoms with Gasteiger partial charge in [-0.3, -0.25) is 0 Å². The van der Waals surface area contributed by atoms with E-state index < -0.39 is 52.6 Å². The normalized spacial score (nSPS) is 9.94. The van der Waals surface area contributed by atoms with Crippen LogP contribution >= 0.6 is 0 Å². The maximum absolute atomic E-state index is 13.8. The fraction of sp³-hybridized carbons (Fsp3) is 0.118. The first-order valence-electron chi connectivity index (χ1n) is 14.6. The van der Waals surface area contributed by atoms with Crippen LogP contribution in [0, 0.1) is 29.1 Å². The van der Waals surface area contributed by atoms with Crippen LogP contribution in [0.5, 0.6) is 0 Å². The molecule has 3 aromatic carbocycles. The van der Waals surface area contributed by atoms with Crippen molar-refractivity contribution in [1.29, 1.82) is 0 Å². The molecule has 0 unspecified atom stereocenters. The monoisotopic (exact) mass is 737 g/mol. The number of hydrogen-bond acceptors (Lipinski definition) is 12. The molecule has 0 atom stereocenters. The molecular formula is C34H25F5LiN3O10. The van der Waals surface area contributed by atoms with E-state index in [1.807, 2.05) is 0 Å². The summed E-state index contributed by atoms with van der Waals surface area (Å²) in [5, 5.41) is 18.5. The van der Waals surface area contributed by atoms with Crippen molar-refractivity contribution < 1.29 is 88.8 Å². The Morgan fingerprint density at radius 1 is 0.604 bits per heavy atom. The molecule has 0 aliphatic heterocycles. The number of hydrogen-bond donors (Lipinski definition) is 1. The van der Waals surface area contributed by atoms with Gasteiger partial charge in [0.15, 0.2) is 11.5 Å². The molecule has 0 saturated heterocycles. The van der Waals surface area contributed by atoms with E-state index in [2.05, 4.69) is 24.7 Å². The molecule has 0 aliphatic carbocycles. The molecular weight excluding hydrogens is 712 g/mol. The largest absolute Gasteiger partial charge is 1.00 e. The van der Waals surface area contributed by atoms with Crippen LogP contribution in [0.2, 0.25) is 0 Å². The van der Waals surface area contributed by atoms with E-state index in [0.717, 1.165) is 24.3 Å². The summed E-state index contributed by atoms with van der Waals surface area (Å²) in [6, 6.07) is 16.9. The van der Waals surface area contributed by atoms with Crippen LogP contribution in [0.15, 0.2) is 92.4 Å². The molecule has 0 fully saturated rings. The summed E-state index contributed by atoms with van der Waals surface area (Å²) in [7, 11) is 0. The van der Waals surface area contributed by atoms with E-state index in [9.17, 15) is 36.3 Å². The average Bonchev–Trinajstić information content (AvgIpc) is 3.86. The van der Waals surface area contributed by atoms with Crippen LogP contribution in [0.25, 0.3) is 34.0 Å². The van der Waals surface area contributed by atoms with Gasteiger partial charge in [0.25, 0.3) is 0 Å². The number of carboxylic acids is 1. The molecule has 2 N–H and O–H groups in total. The van der Waals surface area contributed by atoms with E-state index in [0.29, 0.717) is 11.3 Å². The second kappa shape index (κ2) is 20.1. The Kier molecular flexibility index (Phi) is 16.3. The fourth-order valence-electron chi connectivity index (χ4n) is 3.91. The minimum Gasteiger partial charge on any atom is -0.870 e. The summed E-state index contributed by atoms with van der Waals surface area (Å²) >= 11 is 0. The van der Waals surface area contributed by atoms with Gasteiger partial charge in [-0.25, -0.2) is 27.6 Å². The van der Waals surface area contributed by atoms with Crippen molar-refractivity contribution in [2.75, 3.05) is 13.2 Å². The molecule has 19 heteroatoms. The number of carboxylic acid groups (broad SMARTS) is 1. The second-order valence-corrected chi connectivity index (χ2v) is 9.69. The van der Waals surface area contributed by atoms with Crippen LogP contribution in [0.3, 0.4) is 0 Å². The molecule has 3 aromatic heterocycles. The number of ether oxygens (including phenoxy) is 2. The first kappa shape index (κ1) is 43.1. The summed E-state index contributed by atoms with van der Waals surface area (Å²) in [6.45, 7) is 3.68. The minimum absolute atomic E-state index is 0. The summed E-state index contributed by atoms with van der Waals surface area (Å²) in [4.78, 5) is 33.2. The van der Waals surface area contributed by atoms with Crippen LogP contribution in [-0.4, -0.2) is 57.2 Å². The quantitative estimate of drug-likeness (QED) is 0.129. The molecule has 0 spiro atoms. The van der Waals surface area contributed by atoms with E-state index in [-0.39, 0.29) is 71.7 Å². The van der Waals surface area contributed by atoms with Gasteiger partial charge in [-0.05, 0) is 86.6 Å². The number of aromatic nitrogens is 3. The van der Waals surface area contributed by atoms with Crippen LogP contribution in [-0.2, 0) is 9.47 Å². The zero-order valence-electron chi connectivity index (χ0n) is 27.8. The number of carbonyl (C=O) groups is 3. The molecule has 3 heterocycles. The third-order valence-electron chi connectivity index (χ3n) is 6.28. The summed E-state index contributed by atoms with van der Waals surface area (Å²) in [6.07, 6.45) is 0. The van der Waals surface area contributed by atoms with Gasteiger partial charge < -0.3 is 33.6 Å². The predicted octanol–water partition coefficient (Wildman–Crippen LogP) is 4.60. The predicted molar refractivity (Wildman–Crippen MR) is 166 cm³/mol. The van der Waals surface area contributed by atoms with Gasteiger partial charge >= 0.3 is 36.8 Å². The number of rotatable bonds is 8. The molecule has 272 valence electrons. The fourth-order valence-corrected chi connectivity index (χ4v) is 3.91. The van der Waals surface area contributed by atoms with Gasteiger partial charge in [0.2, 0.25) is 34.5 Å². The number of aromatic carboxylic acids is 1. The van der Waals surface area contributed by atoms with Gasteiger partial charge in [0.1, 0.15) is 17.5 Å². The van der Waals surface area contributed by atoms with Crippen molar-refractivity contribution in [2.24, 2.45) is 0 Å². The molecule has 53 heavy (non-hydrogen) atoms. The summed E-state index contributed by atoms with van der Waals surface area (Å²) < 4.78 is 89.0. The Hall–Kier alpha value is -6.09. The van der Waals surface area contributed by atoms with Gasteiger partial charge in [-0.2, -0.15) is 8.78 Å². The standard InChI is InChI=1S/C12H9F2NO3.C12H10FNO3.C10H5F2NO3.Li.H2O/c1-2-17-12(16)10-9(14)11(18-15-10)7-3-5-8(13)6-4-7;1-2-16-12(15)10-7-11(17-14-10)8-3-5-9(13)6-4-8;11-6-3-1-5(2-4-6)9-7(12)8(10(14)15)13-16-9;;/h3-6H,2H2,1H3;3-7H,2H2,1H3;1-4H,(H,14,15);;1H2/q;;;+1;/p-1. The zero-order valence-corrected chi connectivity index (χ0v) is 27.8. The van der Waals surface area contributed by atoms with Crippen molar-refractivity contribution in [3.05, 3.63) is 125 Å². The number of benzene rings is 3. The molecule has 6 aromatic rings. The Morgan fingerprint density at radius 3 is 1.42 bits per heavy atom. The average molecular weight is 738 g/mol. The molecule has 13 nitrogen and oxygen atoms in total. The van der Waals surface area contributed by atoms with Crippen LogP contribution < -0.4 is 18.9 Å². The third-order valence-corrected chi connectivity index (χ3v) is 6.28. The van der Waals surface area contributed by atoms with Crippen molar-refractivity contribution in [3.8, 4) is 34.0 Å². The number of esters is 2. The minimum atomic E-state index is -1.52. The molecule has 0 radical (unpaired) electrons. The number of carbonyl (C=O) groups excluding carboxylic acids is 2. The van der Waals surface area contributed by atoms with Gasteiger partial charge in [-0.15, -0.1) is 0 Å². The molecule has 6 rings (SSSR count). The van der Waals surface area contributed by atoms with Crippen LogP contribution in [0.4, 0.5) is 22.0 Å². The molecule has 0 amide bonds.